The maximum absolute atomic E-state index is 12.2. The summed E-state index contributed by atoms with van der Waals surface area (Å²) < 4.78 is 35.2. The van der Waals surface area contributed by atoms with E-state index in [-0.39, 0.29) is 5.91 Å². The van der Waals surface area contributed by atoms with Crippen LogP contribution in [0, 0.1) is 0 Å². The largest absolute Gasteiger partial charge is 0.433 e. The lowest BCUT2D eigenvalue weighted by molar-refractivity contribution is -0.141. The highest BCUT2D eigenvalue weighted by atomic mass is 19.4. The van der Waals surface area contributed by atoms with Crippen molar-refractivity contribution in [3.63, 3.8) is 0 Å². The van der Waals surface area contributed by atoms with Crippen LogP contribution in [0.4, 0.5) is 13.2 Å². The van der Waals surface area contributed by atoms with Crippen LogP contribution < -0.4 is 0 Å². The predicted molar refractivity (Wildman–Crippen MR) is 103 cm³/mol. The number of nitrogens with zero attached hydrogens (tertiary/aromatic N) is 4. The second-order valence-electron chi connectivity index (χ2n) is 6.66. The van der Waals surface area contributed by atoms with Crippen LogP contribution in [0.2, 0.25) is 0 Å². The van der Waals surface area contributed by atoms with Gasteiger partial charge in [-0.1, -0.05) is 6.07 Å². The lowest BCUT2D eigenvalue weighted by Gasteiger charge is -2.30. The monoisotopic (exact) mass is 414 g/mol. The number of rotatable bonds is 2. The van der Waals surface area contributed by atoms with E-state index in [1.54, 1.807) is 12.4 Å². The predicted octanol–water partition coefficient (Wildman–Crippen LogP) is 3.90. The Morgan fingerprint density at radius 1 is 1.13 bits per heavy atom. The van der Waals surface area contributed by atoms with Gasteiger partial charge in [-0.05, 0) is 36.8 Å². The molecule has 4 aromatic rings. The number of nitrogens with one attached hydrogen (secondary N) is 2. The molecule has 154 valence electrons. The molecule has 5 heterocycles. The van der Waals surface area contributed by atoms with Crippen molar-refractivity contribution in [1.29, 1.82) is 0 Å². The van der Waals surface area contributed by atoms with E-state index in [9.17, 15) is 18.0 Å². The van der Waals surface area contributed by atoms with Crippen LogP contribution >= 0.6 is 0 Å². The molecule has 0 bridgehead atoms. The van der Waals surface area contributed by atoms with Gasteiger partial charge in [0.2, 0.25) is 0 Å². The Bertz CT molecular complexity index is 1130. The first kappa shape index (κ1) is 19.6. The third-order valence-electron chi connectivity index (χ3n) is 4.60. The minimum absolute atomic E-state index is 0.0547. The molecule has 4 aromatic heterocycles. The van der Waals surface area contributed by atoms with E-state index in [4.69, 9.17) is 0 Å². The van der Waals surface area contributed by atoms with E-state index in [1.807, 2.05) is 23.1 Å². The van der Waals surface area contributed by atoms with Gasteiger partial charge >= 0.3 is 6.18 Å². The number of fused-ring (bicyclic) bond motifs is 1. The van der Waals surface area contributed by atoms with Gasteiger partial charge in [-0.25, -0.2) is 4.98 Å². The summed E-state index contributed by atoms with van der Waals surface area (Å²) in [7, 11) is 0. The molecule has 30 heavy (non-hydrogen) atoms. The number of aromatic amines is 2. The smallest absolute Gasteiger partial charge is 0.337 e. The molecule has 2 N–H and O–H groups in total. The second kappa shape index (κ2) is 7.97. The average Bonchev–Trinajstić information content (AvgIpc) is 3.36. The van der Waals surface area contributed by atoms with Crippen LogP contribution in [0.3, 0.4) is 0 Å². The topological polar surface area (TPSA) is 90.6 Å². The molecular weight excluding hydrogens is 397 g/mol. The van der Waals surface area contributed by atoms with Crippen LogP contribution in [-0.2, 0) is 6.18 Å². The number of H-pyrrole nitrogens is 2. The number of carbonyl (C=O) groups excluding carboxylic acids is 1. The van der Waals surface area contributed by atoms with E-state index >= 15 is 0 Å². The summed E-state index contributed by atoms with van der Waals surface area (Å²) in [5.41, 5.74) is 2.24. The number of carbonyl (C=O) groups is 1. The summed E-state index contributed by atoms with van der Waals surface area (Å²) >= 11 is 0. The molecule has 5 rings (SSSR count). The van der Waals surface area contributed by atoms with Gasteiger partial charge in [0.15, 0.2) is 0 Å². The third kappa shape index (κ3) is 4.17. The van der Waals surface area contributed by atoms with E-state index in [1.165, 1.54) is 12.1 Å². The third-order valence-corrected chi connectivity index (χ3v) is 4.60. The van der Waals surface area contributed by atoms with Crippen molar-refractivity contribution in [2.24, 2.45) is 0 Å². The van der Waals surface area contributed by atoms with Gasteiger partial charge in [-0.3, -0.25) is 14.9 Å². The van der Waals surface area contributed by atoms with Gasteiger partial charge in [-0.2, -0.15) is 18.3 Å². The molecule has 1 amide bonds. The van der Waals surface area contributed by atoms with Crippen molar-refractivity contribution in [2.45, 2.75) is 12.6 Å². The summed E-state index contributed by atoms with van der Waals surface area (Å²) in [5, 5.41) is 7.63. The molecule has 0 aromatic carbocycles. The van der Waals surface area contributed by atoms with Gasteiger partial charge in [0.05, 0.1) is 11.9 Å². The zero-order chi connectivity index (χ0) is 21.1. The van der Waals surface area contributed by atoms with Crippen LogP contribution in [0.1, 0.15) is 22.6 Å². The minimum atomic E-state index is -4.32. The van der Waals surface area contributed by atoms with Gasteiger partial charge in [0.25, 0.3) is 5.91 Å². The molecule has 1 fully saturated rings. The van der Waals surface area contributed by atoms with Crippen molar-refractivity contribution < 1.29 is 18.0 Å². The van der Waals surface area contributed by atoms with Crippen molar-refractivity contribution in [3.05, 3.63) is 66.4 Å². The van der Waals surface area contributed by atoms with Crippen molar-refractivity contribution >= 4 is 16.9 Å². The quantitative estimate of drug-likeness (QED) is 0.521. The van der Waals surface area contributed by atoms with Crippen LogP contribution in [0.5, 0.6) is 0 Å². The van der Waals surface area contributed by atoms with E-state index in [0.717, 1.165) is 54.1 Å². The normalized spacial score (nSPS) is 13.5. The average molecular weight is 414 g/mol. The fourth-order valence-electron chi connectivity index (χ4n) is 2.89. The molecule has 10 heteroatoms. The number of amides is 1. The highest BCUT2D eigenvalue weighted by Crippen LogP contribution is 2.26. The molecule has 0 saturated carbocycles. The lowest BCUT2D eigenvalue weighted by Crippen LogP contribution is -2.42. The van der Waals surface area contributed by atoms with E-state index < -0.39 is 11.9 Å². The maximum Gasteiger partial charge on any atom is 0.433 e. The Morgan fingerprint density at radius 3 is 2.53 bits per heavy atom. The number of aromatic nitrogens is 5. The maximum atomic E-state index is 12.2. The zero-order valence-corrected chi connectivity index (χ0v) is 15.6. The van der Waals surface area contributed by atoms with Crippen LogP contribution in [0.25, 0.3) is 22.3 Å². The first-order valence-corrected chi connectivity index (χ1v) is 9.18. The molecule has 7 nitrogen and oxygen atoms in total. The Morgan fingerprint density at radius 2 is 1.97 bits per heavy atom. The summed E-state index contributed by atoms with van der Waals surface area (Å²) in [5.74, 6) is 0.0547. The first-order chi connectivity index (χ1) is 14.4. The van der Waals surface area contributed by atoms with Gasteiger partial charge in [0, 0.05) is 36.4 Å². The molecule has 0 radical (unpaired) electrons. The molecular formula is C20H17F3N6O. The van der Waals surface area contributed by atoms with E-state index in [2.05, 4.69) is 25.1 Å². The highest BCUT2D eigenvalue weighted by Gasteiger charge is 2.31. The number of pyridine rings is 2. The summed E-state index contributed by atoms with van der Waals surface area (Å²) in [6.45, 7) is 1.70. The van der Waals surface area contributed by atoms with Crippen molar-refractivity contribution in [3.8, 4) is 11.3 Å². The SMILES string of the molecule is FC(F)(F)c1ccccn1.O=C(c1cc2ccc(-c3cn[nH]c3)nc2[nH]1)N1CCC1. The zero-order valence-electron chi connectivity index (χ0n) is 15.6. The highest BCUT2D eigenvalue weighted by molar-refractivity contribution is 5.97. The summed E-state index contributed by atoms with van der Waals surface area (Å²) in [6.07, 6.45) is 1.41. The van der Waals surface area contributed by atoms with E-state index in [0.29, 0.717) is 5.69 Å². The standard InChI is InChI=1S/C14H13N5O.C6H4F3N/c20-14(19-4-1-5-19)12-6-9-2-3-11(17-13(9)18-12)10-7-15-16-8-10;7-6(8,9)5-3-1-2-4-10-5/h2-3,6-8H,1,4-5H2,(H,15,16)(H,17,18);1-4H. The van der Waals surface area contributed by atoms with Crippen molar-refractivity contribution in [2.75, 3.05) is 13.1 Å². The Balaban J connectivity index is 0.000000185. The summed E-state index contributed by atoms with van der Waals surface area (Å²) in [4.78, 5) is 24.8. The molecule has 0 aliphatic carbocycles. The van der Waals surface area contributed by atoms with Gasteiger partial charge < -0.3 is 9.88 Å². The molecule has 1 saturated heterocycles. The summed E-state index contributed by atoms with van der Waals surface area (Å²) in [6, 6.07) is 9.43. The first-order valence-electron chi connectivity index (χ1n) is 9.18. The molecule has 1 aliphatic rings. The fraction of sp³-hybridized carbons (Fsp3) is 0.200. The lowest BCUT2D eigenvalue weighted by atomic mass is 10.2. The number of hydrogen-bond acceptors (Lipinski definition) is 4. The van der Waals surface area contributed by atoms with Gasteiger partial charge in [0.1, 0.15) is 17.0 Å². The Labute approximate surface area is 169 Å². The van der Waals surface area contributed by atoms with Gasteiger partial charge in [-0.15, -0.1) is 0 Å². The number of halogens is 3. The Hall–Kier alpha value is -3.69. The number of likely N-dealkylation sites (tertiary alicyclic amines) is 1. The van der Waals surface area contributed by atoms with Crippen LogP contribution in [-0.4, -0.2) is 49.0 Å². The Kier molecular flexibility index (Phi) is 5.21. The van der Waals surface area contributed by atoms with Crippen molar-refractivity contribution in [1.82, 2.24) is 30.0 Å². The molecule has 0 unspecified atom stereocenters. The number of hydrogen-bond donors (Lipinski definition) is 2. The number of alkyl halides is 3. The van der Waals surface area contributed by atoms with Crippen LogP contribution in [0.15, 0.2) is 55.0 Å². The molecule has 1 aliphatic heterocycles. The fourth-order valence-corrected chi connectivity index (χ4v) is 2.89. The minimum Gasteiger partial charge on any atom is -0.337 e. The second-order valence-corrected chi connectivity index (χ2v) is 6.66. The molecule has 0 spiro atoms. The molecule has 0 atom stereocenters.